The smallest absolute Gasteiger partial charge is 0.229 e. The van der Waals surface area contributed by atoms with Gasteiger partial charge < -0.3 is 15.1 Å². The van der Waals surface area contributed by atoms with E-state index in [9.17, 15) is 14.4 Å². The van der Waals surface area contributed by atoms with Crippen LogP contribution in [0.2, 0.25) is 0 Å². The minimum absolute atomic E-state index is 0.0413. The van der Waals surface area contributed by atoms with Crippen molar-refractivity contribution >= 4 is 29.1 Å². The molecule has 1 atom stereocenters. The van der Waals surface area contributed by atoms with E-state index in [0.717, 1.165) is 4.90 Å². The normalized spacial score (nSPS) is 16.0. The van der Waals surface area contributed by atoms with Crippen LogP contribution in [0, 0.1) is 28.6 Å². The average molecular weight is 339 g/mol. The van der Waals surface area contributed by atoms with Crippen LogP contribution < -0.4 is 10.2 Å². The van der Waals surface area contributed by atoms with E-state index in [2.05, 4.69) is 5.32 Å². The third-order valence-electron chi connectivity index (χ3n) is 3.81. The highest BCUT2D eigenvalue weighted by Gasteiger charge is 2.37. The summed E-state index contributed by atoms with van der Waals surface area (Å²) in [5.41, 5.74) is 1.24. The topological polar surface area (TPSA) is 117 Å². The molecular formula is C17H17N5O3. The standard InChI is InChI=1S/C17H17N5O3/c1-12(23)20-14-2-4-15(5-3-14)22-11-13(10-16(22)24)17(25)21(8-6-18)9-7-19/h2-5,13H,8-11H2,1H3,(H,20,23). The maximum absolute atomic E-state index is 12.4. The van der Waals surface area contributed by atoms with Gasteiger partial charge in [-0.1, -0.05) is 0 Å². The van der Waals surface area contributed by atoms with Crippen molar-refractivity contribution in [3.8, 4) is 12.1 Å². The zero-order chi connectivity index (χ0) is 18.4. The van der Waals surface area contributed by atoms with E-state index in [-0.39, 0.29) is 43.8 Å². The molecule has 1 aromatic carbocycles. The van der Waals surface area contributed by atoms with Gasteiger partial charge in [0.05, 0.1) is 18.1 Å². The molecule has 8 heteroatoms. The van der Waals surface area contributed by atoms with Crippen LogP contribution >= 0.6 is 0 Å². The molecule has 2 rings (SSSR count). The minimum atomic E-state index is -0.579. The predicted octanol–water partition coefficient (Wildman–Crippen LogP) is 0.874. The third kappa shape index (κ3) is 4.33. The summed E-state index contributed by atoms with van der Waals surface area (Å²) in [4.78, 5) is 38.3. The lowest BCUT2D eigenvalue weighted by Crippen LogP contribution is -2.38. The highest BCUT2D eigenvalue weighted by Crippen LogP contribution is 2.27. The van der Waals surface area contributed by atoms with E-state index in [1.807, 2.05) is 12.1 Å². The van der Waals surface area contributed by atoms with Crippen LogP contribution in [-0.2, 0) is 14.4 Å². The van der Waals surface area contributed by atoms with Gasteiger partial charge in [0.15, 0.2) is 0 Å². The fraction of sp³-hybridized carbons (Fsp3) is 0.353. The number of rotatable bonds is 5. The fourth-order valence-corrected chi connectivity index (χ4v) is 2.69. The molecule has 0 aliphatic carbocycles. The van der Waals surface area contributed by atoms with E-state index in [0.29, 0.717) is 11.4 Å². The number of hydrogen-bond donors (Lipinski definition) is 1. The highest BCUT2D eigenvalue weighted by molar-refractivity contribution is 6.00. The molecule has 1 heterocycles. The van der Waals surface area contributed by atoms with Crippen molar-refractivity contribution in [1.82, 2.24) is 4.90 Å². The van der Waals surface area contributed by atoms with Crippen molar-refractivity contribution < 1.29 is 14.4 Å². The molecule has 1 aromatic rings. The first-order valence-electron chi connectivity index (χ1n) is 7.67. The summed E-state index contributed by atoms with van der Waals surface area (Å²) in [6, 6.07) is 10.4. The van der Waals surface area contributed by atoms with Crippen LogP contribution in [0.4, 0.5) is 11.4 Å². The lowest BCUT2D eigenvalue weighted by molar-refractivity contribution is -0.134. The van der Waals surface area contributed by atoms with Crippen molar-refractivity contribution in [3.63, 3.8) is 0 Å². The number of benzene rings is 1. The Kier molecular flexibility index (Phi) is 5.70. The summed E-state index contributed by atoms with van der Waals surface area (Å²) in [6.45, 7) is 1.25. The molecule has 1 N–H and O–H groups in total. The molecule has 0 saturated carbocycles. The summed E-state index contributed by atoms with van der Waals surface area (Å²) in [5, 5.41) is 20.2. The number of carbonyl (C=O) groups is 3. The monoisotopic (exact) mass is 339 g/mol. The Balaban J connectivity index is 2.09. The lowest BCUT2D eigenvalue weighted by atomic mass is 10.1. The van der Waals surface area contributed by atoms with E-state index in [4.69, 9.17) is 10.5 Å². The number of nitrogens with zero attached hydrogens (tertiary/aromatic N) is 4. The van der Waals surface area contributed by atoms with E-state index >= 15 is 0 Å². The molecule has 1 fully saturated rings. The Morgan fingerprint density at radius 3 is 2.36 bits per heavy atom. The van der Waals surface area contributed by atoms with E-state index in [1.54, 1.807) is 24.3 Å². The molecule has 1 saturated heterocycles. The molecule has 3 amide bonds. The number of anilines is 2. The number of amides is 3. The SMILES string of the molecule is CC(=O)Nc1ccc(N2CC(C(=O)N(CC#N)CC#N)CC2=O)cc1. The summed E-state index contributed by atoms with van der Waals surface area (Å²) in [5.74, 6) is -1.33. The van der Waals surface area contributed by atoms with Gasteiger partial charge in [-0.15, -0.1) is 0 Å². The average Bonchev–Trinajstić information content (AvgIpc) is 2.96. The highest BCUT2D eigenvalue weighted by atomic mass is 16.2. The van der Waals surface area contributed by atoms with Gasteiger partial charge in [-0.05, 0) is 24.3 Å². The minimum Gasteiger partial charge on any atom is -0.326 e. The van der Waals surface area contributed by atoms with Gasteiger partial charge in [-0.3, -0.25) is 14.4 Å². The van der Waals surface area contributed by atoms with E-state index < -0.39 is 5.92 Å². The van der Waals surface area contributed by atoms with Crippen molar-refractivity contribution in [1.29, 1.82) is 10.5 Å². The van der Waals surface area contributed by atoms with Crippen LogP contribution in [0.1, 0.15) is 13.3 Å². The fourth-order valence-electron chi connectivity index (χ4n) is 2.69. The molecule has 25 heavy (non-hydrogen) atoms. The third-order valence-corrected chi connectivity index (χ3v) is 3.81. The van der Waals surface area contributed by atoms with Gasteiger partial charge in [0.1, 0.15) is 13.1 Å². The Labute approximate surface area is 145 Å². The summed E-state index contributed by atoms with van der Waals surface area (Å²) < 4.78 is 0. The number of nitrogens with one attached hydrogen (secondary N) is 1. The largest absolute Gasteiger partial charge is 0.326 e. The van der Waals surface area contributed by atoms with Gasteiger partial charge in [0.2, 0.25) is 17.7 Å². The molecule has 0 radical (unpaired) electrons. The quantitative estimate of drug-likeness (QED) is 0.799. The number of carbonyl (C=O) groups excluding carboxylic acids is 3. The lowest BCUT2D eigenvalue weighted by Gasteiger charge is -2.21. The maximum atomic E-state index is 12.4. The molecule has 1 aliphatic heterocycles. The second-order valence-electron chi connectivity index (χ2n) is 5.64. The molecule has 0 aromatic heterocycles. The van der Waals surface area contributed by atoms with Gasteiger partial charge >= 0.3 is 0 Å². The molecular weight excluding hydrogens is 322 g/mol. The summed E-state index contributed by atoms with van der Waals surface area (Å²) >= 11 is 0. The number of hydrogen-bond acceptors (Lipinski definition) is 5. The van der Waals surface area contributed by atoms with Crippen LogP contribution in [0.5, 0.6) is 0 Å². The predicted molar refractivity (Wildman–Crippen MR) is 89.0 cm³/mol. The zero-order valence-electron chi connectivity index (χ0n) is 13.7. The molecule has 1 unspecified atom stereocenters. The van der Waals surface area contributed by atoms with Crippen LogP contribution in [0.15, 0.2) is 24.3 Å². The Bertz CT molecular complexity index is 744. The zero-order valence-corrected chi connectivity index (χ0v) is 13.7. The van der Waals surface area contributed by atoms with Crippen LogP contribution in [0.25, 0.3) is 0 Å². The van der Waals surface area contributed by atoms with Crippen LogP contribution in [-0.4, -0.2) is 42.3 Å². The van der Waals surface area contributed by atoms with E-state index in [1.165, 1.54) is 11.8 Å². The van der Waals surface area contributed by atoms with Crippen LogP contribution in [0.3, 0.4) is 0 Å². The number of nitriles is 2. The van der Waals surface area contributed by atoms with Crippen molar-refractivity contribution in [2.24, 2.45) is 5.92 Å². The first kappa shape index (κ1) is 18.0. The Morgan fingerprint density at radius 1 is 1.24 bits per heavy atom. The Hall–Kier alpha value is -3.39. The van der Waals surface area contributed by atoms with Gasteiger partial charge in [-0.25, -0.2) is 0 Å². The maximum Gasteiger partial charge on any atom is 0.229 e. The summed E-state index contributed by atoms with van der Waals surface area (Å²) in [7, 11) is 0. The molecule has 128 valence electrons. The Morgan fingerprint density at radius 2 is 1.84 bits per heavy atom. The summed E-state index contributed by atoms with van der Waals surface area (Å²) in [6.07, 6.45) is 0.0413. The molecule has 1 aliphatic rings. The van der Waals surface area contributed by atoms with Crippen molar-refractivity contribution in [3.05, 3.63) is 24.3 Å². The molecule has 0 spiro atoms. The second kappa shape index (κ2) is 7.93. The van der Waals surface area contributed by atoms with Crippen molar-refractivity contribution in [2.75, 3.05) is 29.9 Å². The van der Waals surface area contributed by atoms with Crippen molar-refractivity contribution in [2.45, 2.75) is 13.3 Å². The first-order valence-corrected chi connectivity index (χ1v) is 7.67. The molecule has 8 nitrogen and oxygen atoms in total. The molecule has 0 bridgehead atoms. The first-order chi connectivity index (χ1) is 12.0. The van der Waals surface area contributed by atoms with Gasteiger partial charge in [0, 0.05) is 31.3 Å². The van der Waals surface area contributed by atoms with Gasteiger partial charge in [0.25, 0.3) is 0 Å². The van der Waals surface area contributed by atoms with Gasteiger partial charge in [-0.2, -0.15) is 10.5 Å². The second-order valence-corrected chi connectivity index (χ2v) is 5.64.